The number of nitrogens with two attached hydrogens (primary N) is 1. The number of fused-ring (bicyclic) bond motifs is 1. The molecule has 9 heteroatoms. The third kappa shape index (κ3) is 2.77. The van der Waals surface area contributed by atoms with Crippen molar-refractivity contribution in [1.82, 2.24) is 19.9 Å². The summed E-state index contributed by atoms with van der Waals surface area (Å²) in [4.78, 5) is 15.2. The first-order chi connectivity index (χ1) is 13.0. The number of sulfone groups is 1. The van der Waals surface area contributed by atoms with Crippen molar-refractivity contribution in [2.24, 2.45) is 0 Å². The average Bonchev–Trinajstić information content (AvgIpc) is 3.05. The quantitative estimate of drug-likeness (QED) is 0.556. The fourth-order valence-corrected chi connectivity index (χ4v) is 4.27. The summed E-state index contributed by atoms with van der Waals surface area (Å²) in [6.07, 6.45) is 2.55. The van der Waals surface area contributed by atoms with Crippen LogP contribution in [-0.4, -0.2) is 35.5 Å². The van der Waals surface area contributed by atoms with Gasteiger partial charge in [-0.15, -0.1) is 0 Å². The van der Waals surface area contributed by atoms with Crippen molar-refractivity contribution in [3.8, 4) is 17.1 Å². The molecule has 0 bridgehead atoms. The van der Waals surface area contributed by atoms with Crippen LogP contribution in [0.3, 0.4) is 0 Å². The first kappa shape index (κ1) is 17.0. The number of nitrogen functional groups attached to an aromatic ring is 1. The zero-order valence-corrected chi connectivity index (χ0v) is 15.1. The Labute approximate surface area is 155 Å². The van der Waals surface area contributed by atoms with Gasteiger partial charge in [0.1, 0.15) is 22.6 Å². The molecule has 0 radical (unpaired) electrons. The van der Waals surface area contributed by atoms with Crippen molar-refractivity contribution in [3.63, 3.8) is 0 Å². The number of methoxy groups -OCH3 is 1. The van der Waals surface area contributed by atoms with Gasteiger partial charge in [0, 0.05) is 17.8 Å². The molecule has 1 aromatic carbocycles. The number of aromatic nitrogens is 4. The highest BCUT2D eigenvalue weighted by molar-refractivity contribution is 7.91. The first-order valence-corrected chi connectivity index (χ1v) is 9.43. The number of ether oxygens (including phenoxy) is 1. The minimum atomic E-state index is -3.94. The van der Waals surface area contributed by atoms with Gasteiger partial charge in [0.05, 0.1) is 23.2 Å². The van der Waals surface area contributed by atoms with E-state index >= 15 is 0 Å². The zero-order chi connectivity index (χ0) is 19.0. The molecule has 136 valence electrons. The molecule has 0 aliphatic heterocycles. The van der Waals surface area contributed by atoms with E-state index in [1.54, 1.807) is 0 Å². The summed E-state index contributed by atoms with van der Waals surface area (Å²) in [6.45, 7) is 0. The Bertz CT molecular complexity index is 1220. The molecule has 0 atom stereocenters. The summed E-state index contributed by atoms with van der Waals surface area (Å²) in [5.41, 5.74) is 8.12. The molecule has 4 aromatic rings. The van der Waals surface area contributed by atoms with Gasteiger partial charge < -0.3 is 15.5 Å². The summed E-state index contributed by atoms with van der Waals surface area (Å²) >= 11 is 0. The van der Waals surface area contributed by atoms with E-state index in [9.17, 15) is 8.42 Å². The number of anilines is 1. The number of pyridine rings is 1. The lowest BCUT2D eigenvalue weighted by atomic mass is 10.1. The molecule has 0 fully saturated rings. The molecule has 4 rings (SSSR count). The van der Waals surface area contributed by atoms with Crippen LogP contribution in [0.2, 0.25) is 0 Å². The van der Waals surface area contributed by atoms with Gasteiger partial charge in [0.2, 0.25) is 15.7 Å². The highest BCUT2D eigenvalue weighted by Crippen LogP contribution is 2.35. The van der Waals surface area contributed by atoms with Gasteiger partial charge in [0.25, 0.3) is 0 Å². The number of benzene rings is 1. The maximum atomic E-state index is 13.1. The number of nitrogens with one attached hydrogen (secondary N) is 1. The second-order valence-corrected chi connectivity index (χ2v) is 7.61. The molecule has 0 spiro atoms. The van der Waals surface area contributed by atoms with Crippen molar-refractivity contribution < 1.29 is 13.2 Å². The normalized spacial score (nSPS) is 11.6. The predicted octanol–water partition coefficient (Wildman–Crippen LogP) is 2.44. The standard InChI is InChI=1S/C18H15N5O3S/c1-26-13-8-7-12(9-20-13)27(24,25)17-16-15(23-18(17)19)14(21-10-22-16)11-5-3-2-4-6-11/h2-10,23H,19H2,1H3. The molecule has 3 N–H and O–H groups in total. The second kappa shape index (κ2) is 6.36. The van der Waals surface area contributed by atoms with Crippen LogP contribution in [0, 0.1) is 0 Å². The van der Waals surface area contributed by atoms with Crippen LogP contribution in [-0.2, 0) is 9.84 Å². The minimum Gasteiger partial charge on any atom is -0.481 e. The van der Waals surface area contributed by atoms with Crippen molar-refractivity contribution in [2.75, 3.05) is 12.8 Å². The molecule has 8 nitrogen and oxygen atoms in total. The Morgan fingerprint density at radius 3 is 2.48 bits per heavy atom. The van der Waals surface area contributed by atoms with Crippen molar-refractivity contribution in [3.05, 3.63) is 55.0 Å². The molecule has 0 saturated carbocycles. The Morgan fingerprint density at radius 1 is 1.04 bits per heavy atom. The number of aromatic amines is 1. The molecule has 0 aliphatic carbocycles. The van der Waals surface area contributed by atoms with Crippen molar-refractivity contribution in [1.29, 1.82) is 0 Å². The molecular weight excluding hydrogens is 366 g/mol. The van der Waals surface area contributed by atoms with Crippen LogP contribution in [0.1, 0.15) is 0 Å². The molecule has 3 heterocycles. The van der Waals surface area contributed by atoms with Crippen LogP contribution in [0.4, 0.5) is 5.82 Å². The van der Waals surface area contributed by atoms with Crippen LogP contribution in [0.5, 0.6) is 5.88 Å². The largest absolute Gasteiger partial charge is 0.481 e. The maximum absolute atomic E-state index is 13.1. The van der Waals surface area contributed by atoms with Crippen LogP contribution < -0.4 is 10.5 Å². The number of hydrogen-bond acceptors (Lipinski definition) is 7. The Hall–Kier alpha value is -3.46. The van der Waals surface area contributed by atoms with Crippen molar-refractivity contribution in [2.45, 2.75) is 9.79 Å². The van der Waals surface area contributed by atoms with Gasteiger partial charge in [-0.3, -0.25) is 0 Å². The fraction of sp³-hybridized carbons (Fsp3) is 0.0556. The highest BCUT2D eigenvalue weighted by atomic mass is 32.2. The van der Waals surface area contributed by atoms with Crippen LogP contribution in [0.15, 0.2) is 64.8 Å². The predicted molar refractivity (Wildman–Crippen MR) is 100.0 cm³/mol. The van der Waals surface area contributed by atoms with Crippen LogP contribution in [0.25, 0.3) is 22.3 Å². The first-order valence-electron chi connectivity index (χ1n) is 7.95. The number of hydrogen-bond donors (Lipinski definition) is 2. The summed E-state index contributed by atoms with van der Waals surface area (Å²) < 4.78 is 31.2. The van der Waals surface area contributed by atoms with Gasteiger partial charge in [-0.2, -0.15) is 0 Å². The van der Waals surface area contributed by atoms with Gasteiger partial charge in [-0.25, -0.2) is 23.4 Å². The zero-order valence-electron chi connectivity index (χ0n) is 14.2. The van der Waals surface area contributed by atoms with E-state index in [2.05, 4.69) is 19.9 Å². The monoisotopic (exact) mass is 381 g/mol. The van der Waals surface area contributed by atoms with Gasteiger partial charge in [-0.05, 0) is 6.07 Å². The minimum absolute atomic E-state index is 0.00139. The van der Waals surface area contributed by atoms with E-state index in [0.29, 0.717) is 17.1 Å². The summed E-state index contributed by atoms with van der Waals surface area (Å²) in [5.74, 6) is 0.313. The summed E-state index contributed by atoms with van der Waals surface area (Å²) in [7, 11) is -2.49. The molecule has 3 aromatic heterocycles. The van der Waals surface area contributed by atoms with E-state index in [-0.39, 0.29) is 21.1 Å². The third-order valence-electron chi connectivity index (χ3n) is 4.11. The van der Waals surface area contributed by atoms with Gasteiger partial charge in [-0.1, -0.05) is 30.3 Å². The van der Waals surface area contributed by atoms with Crippen molar-refractivity contribution >= 4 is 26.7 Å². The Balaban J connectivity index is 1.93. The topological polar surface area (TPSA) is 124 Å². The SMILES string of the molecule is COc1ccc(S(=O)(=O)c2c(N)[nH]c3c(-c4ccccc4)ncnc23)cn1. The van der Waals surface area contributed by atoms with E-state index in [1.165, 1.54) is 31.8 Å². The lowest BCUT2D eigenvalue weighted by Crippen LogP contribution is -2.05. The molecular formula is C18H15N5O3S. The van der Waals surface area contributed by atoms with Crippen LogP contribution >= 0.6 is 0 Å². The van der Waals surface area contributed by atoms with Gasteiger partial charge in [0.15, 0.2) is 0 Å². The van der Waals surface area contributed by atoms with E-state index in [4.69, 9.17) is 10.5 Å². The lowest BCUT2D eigenvalue weighted by Gasteiger charge is -2.05. The van der Waals surface area contributed by atoms with E-state index in [0.717, 1.165) is 5.56 Å². The van der Waals surface area contributed by atoms with E-state index in [1.807, 2.05) is 30.3 Å². The Kier molecular flexibility index (Phi) is 4.00. The average molecular weight is 381 g/mol. The summed E-state index contributed by atoms with van der Waals surface area (Å²) in [6, 6.07) is 12.3. The lowest BCUT2D eigenvalue weighted by molar-refractivity contribution is 0.397. The Morgan fingerprint density at radius 2 is 1.81 bits per heavy atom. The molecule has 0 amide bonds. The molecule has 27 heavy (non-hydrogen) atoms. The third-order valence-corrected chi connectivity index (χ3v) is 5.92. The maximum Gasteiger partial charge on any atom is 0.213 e. The van der Waals surface area contributed by atoms with Gasteiger partial charge >= 0.3 is 0 Å². The fourth-order valence-electron chi connectivity index (χ4n) is 2.85. The molecule has 0 saturated heterocycles. The van der Waals surface area contributed by atoms with E-state index < -0.39 is 9.84 Å². The smallest absolute Gasteiger partial charge is 0.213 e. The molecule has 0 aliphatic rings. The number of nitrogens with zero attached hydrogens (tertiary/aromatic N) is 3. The number of rotatable bonds is 4. The second-order valence-electron chi connectivity index (χ2n) is 5.72. The summed E-state index contributed by atoms with van der Waals surface area (Å²) in [5, 5.41) is 0. The highest BCUT2D eigenvalue weighted by Gasteiger charge is 2.28. The number of H-pyrrole nitrogens is 1. The molecule has 0 unspecified atom stereocenters.